The molecule has 1 aromatic carbocycles. The molecule has 0 spiro atoms. The van der Waals surface area contributed by atoms with Crippen LogP contribution >= 0.6 is 27.5 Å². The van der Waals surface area contributed by atoms with E-state index in [0.29, 0.717) is 15.1 Å². The largest absolute Gasteiger partial charge is 0.481 e. The Labute approximate surface area is 112 Å². The van der Waals surface area contributed by atoms with Gasteiger partial charge in [-0.05, 0) is 17.7 Å². The van der Waals surface area contributed by atoms with Gasteiger partial charge in [-0.3, -0.25) is 9.59 Å². The molecule has 0 heterocycles. The van der Waals surface area contributed by atoms with Gasteiger partial charge in [0.2, 0.25) is 5.91 Å². The summed E-state index contributed by atoms with van der Waals surface area (Å²) in [5, 5.41) is 11.9. The zero-order chi connectivity index (χ0) is 13.0. The fourth-order valence-electron chi connectivity index (χ4n) is 1.44. The van der Waals surface area contributed by atoms with Gasteiger partial charge < -0.3 is 10.4 Å². The van der Waals surface area contributed by atoms with E-state index in [1.807, 2.05) is 0 Å². The highest BCUT2D eigenvalue weighted by atomic mass is 79.9. The van der Waals surface area contributed by atoms with Gasteiger partial charge in [0.25, 0.3) is 0 Å². The summed E-state index contributed by atoms with van der Waals surface area (Å²) >= 11 is 9.10. The van der Waals surface area contributed by atoms with Gasteiger partial charge in [0, 0.05) is 16.4 Å². The summed E-state index contributed by atoms with van der Waals surface area (Å²) < 4.78 is 0.671. The minimum atomic E-state index is -0.981. The van der Waals surface area contributed by atoms with Crippen LogP contribution in [0.4, 0.5) is 0 Å². The molecule has 6 heteroatoms. The fourth-order valence-corrected chi connectivity index (χ4v) is 2.40. The van der Waals surface area contributed by atoms with Crippen LogP contribution in [0.15, 0.2) is 22.7 Å². The monoisotopic (exact) mass is 319 g/mol. The molecule has 2 N–H and O–H groups in total. The van der Waals surface area contributed by atoms with Crippen molar-refractivity contribution in [1.29, 1.82) is 0 Å². The number of carbonyl (C=O) groups excluding carboxylic acids is 1. The smallest absolute Gasteiger partial charge is 0.305 e. The summed E-state index contributed by atoms with van der Waals surface area (Å²) in [5.41, 5.74) is 0.687. The maximum atomic E-state index is 11.0. The van der Waals surface area contributed by atoms with Gasteiger partial charge in [-0.25, -0.2) is 0 Å². The van der Waals surface area contributed by atoms with Crippen LogP contribution in [0.5, 0.6) is 0 Å². The number of amides is 1. The van der Waals surface area contributed by atoms with Crippen molar-refractivity contribution in [2.45, 2.75) is 19.4 Å². The van der Waals surface area contributed by atoms with Crippen LogP contribution in [0.1, 0.15) is 24.9 Å². The number of benzene rings is 1. The molecule has 0 unspecified atom stereocenters. The highest BCUT2D eigenvalue weighted by Crippen LogP contribution is 2.28. The molecular weight excluding hydrogens is 309 g/mol. The molecule has 0 aliphatic heterocycles. The number of carboxylic acids is 1. The Morgan fingerprint density at radius 1 is 1.53 bits per heavy atom. The molecule has 1 aromatic rings. The number of halogens is 2. The zero-order valence-electron chi connectivity index (χ0n) is 9.04. The Bertz CT molecular complexity index is 434. The van der Waals surface area contributed by atoms with Gasteiger partial charge in [-0.15, -0.1) is 0 Å². The van der Waals surface area contributed by atoms with Crippen molar-refractivity contribution in [3.8, 4) is 0 Å². The molecule has 0 radical (unpaired) electrons. The second-order valence-electron chi connectivity index (χ2n) is 3.52. The number of rotatable bonds is 4. The average Bonchev–Trinajstić information content (AvgIpc) is 2.14. The van der Waals surface area contributed by atoms with Crippen LogP contribution in [0, 0.1) is 0 Å². The molecule has 1 atom stereocenters. The van der Waals surface area contributed by atoms with Crippen LogP contribution < -0.4 is 5.32 Å². The molecule has 92 valence electrons. The lowest BCUT2D eigenvalue weighted by Crippen LogP contribution is -2.28. The molecule has 4 nitrogen and oxygen atoms in total. The van der Waals surface area contributed by atoms with E-state index < -0.39 is 12.0 Å². The molecule has 0 saturated carbocycles. The summed E-state index contributed by atoms with van der Waals surface area (Å²) in [7, 11) is 0. The predicted molar refractivity (Wildman–Crippen MR) is 68.0 cm³/mol. The van der Waals surface area contributed by atoms with Gasteiger partial charge in [-0.1, -0.05) is 33.6 Å². The molecule has 17 heavy (non-hydrogen) atoms. The van der Waals surface area contributed by atoms with Crippen molar-refractivity contribution < 1.29 is 14.7 Å². The van der Waals surface area contributed by atoms with Gasteiger partial charge in [0.15, 0.2) is 0 Å². The fraction of sp³-hybridized carbons (Fsp3) is 0.273. The minimum absolute atomic E-state index is 0.181. The zero-order valence-corrected chi connectivity index (χ0v) is 11.4. The first kappa shape index (κ1) is 14.0. The van der Waals surface area contributed by atoms with Crippen LogP contribution in [0.2, 0.25) is 5.02 Å². The summed E-state index contributed by atoms with van der Waals surface area (Å²) in [6.07, 6.45) is -0.181. The second-order valence-corrected chi connectivity index (χ2v) is 4.81. The molecule has 0 saturated heterocycles. The van der Waals surface area contributed by atoms with Gasteiger partial charge in [0.1, 0.15) is 0 Å². The van der Waals surface area contributed by atoms with Gasteiger partial charge in [-0.2, -0.15) is 0 Å². The molecule has 0 fully saturated rings. The molecule has 0 aromatic heterocycles. The van der Waals surface area contributed by atoms with E-state index in [2.05, 4.69) is 21.2 Å². The Hall–Kier alpha value is -1.07. The number of aliphatic carboxylic acids is 1. The molecule has 0 aliphatic carbocycles. The van der Waals surface area contributed by atoms with Gasteiger partial charge in [0.05, 0.1) is 12.5 Å². The molecule has 0 bridgehead atoms. The Morgan fingerprint density at radius 2 is 2.18 bits per heavy atom. The van der Waals surface area contributed by atoms with E-state index in [9.17, 15) is 9.59 Å². The van der Waals surface area contributed by atoms with Crippen molar-refractivity contribution in [2.75, 3.05) is 0 Å². The Kier molecular flexibility index (Phi) is 4.96. The molecule has 0 aliphatic rings. The third kappa shape index (κ3) is 4.36. The van der Waals surface area contributed by atoms with E-state index in [1.165, 1.54) is 6.92 Å². The third-order valence-corrected chi connectivity index (χ3v) is 3.02. The van der Waals surface area contributed by atoms with Crippen LogP contribution in [0.3, 0.4) is 0 Å². The first-order valence-electron chi connectivity index (χ1n) is 4.84. The normalized spacial score (nSPS) is 11.9. The van der Waals surface area contributed by atoms with Crippen LogP contribution in [-0.2, 0) is 9.59 Å². The number of hydrogen-bond acceptors (Lipinski definition) is 2. The first-order chi connectivity index (χ1) is 7.90. The lowest BCUT2D eigenvalue weighted by atomic mass is 10.0. The van der Waals surface area contributed by atoms with E-state index in [0.717, 1.165) is 0 Å². The second kappa shape index (κ2) is 6.02. The van der Waals surface area contributed by atoms with E-state index in [4.69, 9.17) is 16.7 Å². The highest BCUT2D eigenvalue weighted by molar-refractivity contribution is 9.10. The average molecular weight is 321 g/mol. The summed E-state index contributed by atoms with van der Waals surface area (Å²) in [6, 6.07) is 4.43. The quantitative estimate of drug-likeness (QED) is 0.896. The molecular formula is C11H11BrClNO3. The van der Waals surface area contributed by atoms with Crippen molar-refractivity contribution in [1.82, 2.24) is 5.32 Å². The standard InChI is InChI=1S/C11H11BrClNO3/c1-6(15)14-10(5-11(16)17)8-3-2-7(13)4-9(8)12/h2-4,10H,5H2,1H3,(H,14,15)(H,16,17)/t10-/m1/s1. The van der Waals surface area contributed by atoms with Crippen molar-refractivity contribution in [3.05, 3.63) is 33.3 Å². The predicted octanol–water partition coefficient (Wildman–Crippen LogP) is 2.75. The molecule has 1 amide bonds. The van der Waals surface area contributed by atoms with Crippen LogP contribution in [-0.4, -0.2) is 17.0 Å². The summed E-state index contributed by atoms with van der Waals surface area (Å²) in [6.45, 7) is 1.35. The third-order valence-electron chi connectivity index (χ3n) is 2.09. The SMILES string of the molecule is CC(=O)N[C@H](CC(=O)O)c1ccc(Cl)cc1Br. The maximum Gasteiger partial charge on any atom is 0.305 e. The van der Waals surface area contributed by atoms with Crippen molar-refractivity contribution in [3.63, 3.8) is 0 Å². The van der Waals surface area contributed by atoms with Crippen LogP contribution in [0.25, 0.3) is 0 Å². The summed E-state index contributed by atoms with van der Waals surface area (Å²) in [5.74, 6) is -1.26. The number of carboxylic acid groups (broad SMARTS) is 1. The van der Waals surface area contributed by atoms with E-state index in [-0.39, 0.29) is 12.3 Å². The van der Waals surface area contributed by atoms with E-state index >= 15 is 0 Å². The lowest BCUT2D eigenvalue weighted by molar-refractivity contribution is -0.137. The summed E-state index contributed by atoms with van der Waals surface area (Å²) in [4.78, 5) is 21.8. The number of nitrogens with one attached hydrogen (secondary N) is 1. The maximum absolute atomic E-state index is 11.0. The topological polar surface area (TPSA) is 66.4 Å². The van der Waals surface area contributed by atoms with Crippen molar-refractivity contribution >= 4 is 39.4 Å². The number of carbonyl (C=O) groups is 2. The van der Waals surface area contributed by atoms with E-state index in [1.54, 1.807) is 18.2 Å². The Morgan fingerprint density at radius 3 is 2.65 bits per heavy atom. The van der Waals surface area contributed by atoms with Crippen molar-refractivity contribution in [2.24, 2.45) is 0 Å². The number of hydrogen-bond donors (Lipinski definition) is 2. The lowest BCUT2D eigenvalue weighted by Gasteiger charge is -2.17. The molecule has 1 rings (SSSR count). The minimum Gasteiger partial charge on any atom is -0.481 e. The highest BCUT2D eigenvalue weighted by Gasteiger charge is 2.18. The first-order valence-corrected chi connectivity index (χ1v) is 6.01. The Balaban J connectivity index is 3.02. The van der Waals surface area contributed by atoms with Gasteiger partial charge >= 0.3 is 5.97 Å².